The molecule has 1 aliphatic carbocycles. The molecular formula is C15H14Cl2N2O. The minimum atomic E-state index is -0.116. The molecule has 0 radical (unpaired) electrons. The molecule has 1 fully saturated rings. The second-order valence-corrected chi connectivity index (χ2v) is 5.61. The van der Waals surface area contributed by atoms with Crippen molar-refractivity contribution in [1.29, 1.82) is 0 Å². The SMILES string of the molecule is COC(c1nc(Cl)c(-c2ccccc2)c(Cl)n1)C1CC1. The van der Waals surface area contributed by atoms with Crippen LogP contribution >= 0.6 is 23.2 Å². The van der Waals surface area contributed by atoms with Crippen LogP contribution in [0.4, 0.5) is 0 Å². The molecule has 20 heavy (non-hydrogen) atoms. The molecule has 1 aromatic carbocycles. The third-order valence-corrected chi connectivity index (χ3v) is 4.01. The molecule has 5 heteroatoms. The summed E-state index contributed by atoms with van der Waals surface area (Å²) < 4.78 is 5.47. The lowest BCUT2D eigenvalue weighted by molar-refractivity contribution is 0.0772. The zero-order chi connectivity index (χ0) is 14.1. The Morgan fingerprint density at radius 3 is 2.20 bits per heavy atom. The first-order valence-corrected chi connectivity index (χ1v) is 7.27. The molecule has 1 aromatic heterocycles. The number of rotatable bonds is 4. The van der Waals surface area contributed by atoms with Crippen LogP contribution in [0.3, 0.4) is 0 Å². The average Bonchev–Trinajstić information content (AvgIpc) is 3.25. The van der Waals surface area contributed by atoms with E-state index < -0.39 is 0 Å². The Morgan fingerprint density at radius 1 is 1.10 bits per heavy atom. The average molecular weight is 309 g/mol. The van der Waals surface area contributed by atoms with Gasteiger partial charge in [-0.05, 0) is 24.3 Å². The molecule has 0 saturated heterocycles. The minimum absolute atomic E-state index is 0.116. The highest BCUT2D eigenvalue weighted by Crippen LogP contribution is 2.43. The van der Waals surface area contributed by atoms with Gasteiger partial charge in [-0.1, -0.05) is 53.5 Å². The Labute approximate surface area is 127 Å². The summed E-state index contributed by atoms with van der Waals surface area (Å²) in [4.78, 5) is 8.78. The van der Waals surface area contributed by atoms with E-state index in [4.69, 9.17) is 27.9 Å². The molecule has 0 amide bonds. The van der Waals surface area contributed by atoms with E-state index in [-0.39, 0.29) is 6.10 Å². The van der Waals surface area contributed by atoms with Gasteiger partial charge in [-0.3, -0.25) is 0 Å². The van der Waals surface area contributed by atoms with Crippen molar-refractivity contribution in [1.82, 2.24) is 9.97 Å². The second kappa shape index (κ2) is 5.68. The Kier molecular flexibility index (Phi) is 3.92. The van der Waals surface area contributed by atoms with Crippen molar-refractivity contribution in [3.63, 3.8) is 0 Å². The molecule has 0 spiro atoms. The first-order chi connectivity index (χ1) is 9.70. The summed E-state index contributed by atoms with van der Waals surface area (Å²) in [6.45, 7) is 0. The van der Waals surface area contributed by atoms with E-state index in [1.54, 1.807) is 7.11 Å². The van der Waals surface area contributed by atoms with Crippen molar-refractivity contribution in [3.05, 3.63) is 46.5 Å². The van der Waals surface area contributed by atoms with E-state index >= 15 is 0 Å². The molecule has 104 valence electrons. The summed E-state index contributed by atoms with van der Waals surface area (Å²) in [5.74, 6) is 1.05. The van der Waals surface area contributed by atoms with Crippen LogP contribution < -0.4 is 0 Å². The molecule has 1 unspecified atom stereocenters. The van der Waals surface area contributed by atoms with E-state index in [2.05, 4.69) is 9.97 Å². The van der Waals surface area contributed by atoms with Crippen molar-refractivity contribution in [2.45, 2.75) is 18.9 Å². The highest BCUT2D eigenvalue weighted by atomic mass is 35.5. The molecule has 0 bridgehead atoms. The number of hydrogen-bond acceptors (Lipinski definition) is 3. The molecule has 1 heterocycles. The molecule has 2 aromatic rings. The van der Waals surface area contributed by atoms with Gasteiger partial charge in [0.05, 0.1) is 5.56 Å². The minimum Gasteiger partial charge on any atom is -0.373 e. The Morgan fingerprint density at radius 2 is 1.70 bits per heavy atom. The summed E-state index contributed by atoms with van der Waals surface area (Å²) in [7, 11) is 1.67. The predicted octanol–water partition coefficient (Wildman–Crippen LogP) is 4.55. The van der Waals surface area contributed by atoms with Crippen LogP contribution in [0.5, 0.6) is 0 Å². The van der Waals surface area contributed by atoms with Gasteiger partial charge in [0, 0.05) is 7.11 Å². The number of aromatic nitrogens is 2. The Bertz CT molecular complexity index is 592. The van der Waals surface area contributed by atoms with E-state index in [9.17, 15) is 0 Å². The monoisotopic (exact) mass is 308 g/mol. The lowest BCUT2D eigenvalue weighted by Gasteiger charge is -2.15. The fraction of sp³-hybridized carbons (Fsp3) is 0.333. The lowest BCUT2D eigenvalue weighted by atomic mass is 10.1. The maximum atomic E-state index is 6.30. The zero-order valence-corrected chi connectivity index (χ0v) is 12.5. The first-order valence-electron chi connectivity index (χ1n) is 6.52. The molecule has 0 N–H and O–H groups in total. The van der Waals surface area contributed by atoms with Gasteiger partial charge in [-0.25, -0.2) is 9.97 Å². The second-order valence-electron chi connectivity index (χ2n) is 4.90. The largest absolute Gasteiger partial charge is 0.373 e. The van der Waals surface area contributed by atoms with Crippen LogP contribution in [0.1, 0.15) is 24.8 Å². The van der Waals surface area contributed by atoms with Crippen LogP contribution in [-0.2, 0) is 4.74 Å². The van der Waals surface area contributed by atoms with Gasteiger partial charge in [-0.2, -0.15) is 0 Å². The van der Waals surface area contributed by atoms with E-state index in [0.29, 0.717) is 27.6 Å². The first kappa shape index (κ1) is 13.8. The van der Waals surface area contributed by atoms with Crippen LogP contribution in [-0.4, -0.2) is 17.1 Å². The molecule has 0 aliphatic heterocycles. The maximum absolute atomic E-state index is 6.30. The van der Waals surface area contributed by atoms with E-state index in [1.807, 2.05) is 30.3 Å². The number of hydrogen-bond donors (Lipinski definition) is 0. The van der Waals surface area contributed by atoms with E-state index in [0.717, 1.165) is 18.4 Å². The van der Waals surface area contributed by atoms with Crippen LogP contribution in [0.15, 0.2) is 30.3 Å². The topological polar surface area (TPSA) is 35.0 Å². The molecule has 1 atom stereocenters. The van der Waals surface area contributed by atoms with Gasteiger partial charge >= 0.3 is 0 Å². The molecule has 3 nitrogen and oxygen atoms in total. The molecule has 1 aliphatic rings. The number of methoxy groups -OCH3 is 1. The van der Waals surface area contributed by atoms with E-state index in [1.165, 1.54) is 0 Å². The predicted molar refractivity (Wildman–Crippen MR) is 80.0 cm³/mol. The number of nitrogens with zero attached hydrogens (tertiary/aromatic N) is 2. The van der Waals surface area contributed by atoms with Crippen molar-refractivity contribution >= 4 is 23.2 Å². The van der Waals surface area contributed by atoms with Gasteiger partial charge in [0.1, 0.15) is 16.4 Å². The normalized spacial score (nSPS) is 16.1. The summed E-state index contributed by atoms with van der Waals surface area (Å²) in [5.41, 5.74) is 1.58. The number of ether oxygens (including phenoxy) is 1. The standard InChI is InChI=1S/C15H14Cl2N2O/c1-20-12(10-7-8-10)15-18-13(16)11(14(17)19-15)9-5-3-2-4-6-9/h2-6,10,12H,7-8H2,1H3. The summed E-state index contributed by atoms with van der Waals surface area (Å²) >= 11 is 12.6. The fourth-order valence-corrected chi connectivity index (χ4v) is 2.92. The summed E-state index contributed by atoms with van der Waals surface area (Å²) in [5, 5.41) is 0.739. The molecule has 3 rings (SSSR count). The van der Waals surface area contributed by atoms with Gasteiger partial charge in [0.2, 0.25) is 0 Å². The van der Waals surface area contributed by atoms with Gasteiger partial charge in [0.15, 0.2) is 5.82 Å². The van der Waals surface area contributed by atoms with Gasteiger partial charge in [-0.15, -0.1) is 0 Å². The van der Waals surface area contributed by atoms with Crippen molar-refractivity contribution in [3.8, 4) is 11.1 Å². The van der Waals surface area contributed by atoms with Crippen molar-refractivity contribution in [2.24, 2.45) is 5.92 Å². The third kappa shape index (κ3) is 2.66. The fourth-order valence-electron chi connectivity index (χ4n) is 2.30. The molecular weight excluding hydrogens is 295 g/mol. The van der Waals surface area contributed by atoms with Crippen LogP contribution in [0.2, 0.25) is 10.3 Å². The highest BCUT2D eigenvalue weighted by molar-refractivity contribution is 6.37. The number of benzene rings is 1. The number of halogens is 2. The van der Waals surface area contributed by atoms with Crippen molar-refractivity contribution in [2.75, 3.05) is 7.11 Å². The Balaban J connectivity index is 2.02. The van der Waals surface area contributed by atoms with Crippen LogP contribution in [0.25, 0.3) is 11.1 Å². The highest BCUT2D eigenvalue weighted by Gasteiger charge is 2.35. The lowest BCUT2D eigenvalue weighted by Crippen LogP contribution is -2.09. The van der Waals surface area contributed by atoms with Gasteiger partial charge < -0.3 is 4.74 Å². The summed E-state index contributed by atoms with van der Waals surface area (Å²) in [6.07, 6.45) is 2.16. The summed E-state index contributed by atoms with van der Waals surface area (Å²) in [6, 6.07) is 9.67. The maximum Gasteiger partial charge on any atom is 0.160 e. The Hall–Kier alpha value is -1.16. The van der Waals surface area contributed by atoms with Gasteiger partial charge in [0.25, 0.3) is 0 Å². The quantitative estimate of drug-likeness (QED) is 0.777. The van der Waals surface area contributed by atoms with Crippen molar-refractivity contribution < 1.29 is 4.74 Å². The van der Waals surface area contributed by atoms with Crippen LogP contribution in [0, 0.1) is 5.92 Å². The smallest absolute Gasteiger partial charge is 0.160 e. The third-order valence-electron chi connectivity index (χ3n) is 3.46. The zero-order valence-electron chi connectivity index (χ0n) is 11.0. The molecule has 1 saturated carbocycles.